The fourth-order valence-electron chi connectivity index (χ4n) is 2.84. The van der Waals surface area contributed by atoms with E-state index in [-0.39, 0.29) is 0 Å². The molecule has 2 N–H and O–H groups in total. The number of nitrogens with zero attached hydrogens (tertiary/aromatic N) is 1. The first-order chi connectivity index (χ1) is 8.60. The van der Waals surface area contributed by atoms with Crippen molar-refractivity contribution in [3.63, 3.8) is 0 Å². The Bertz CT molecular complexity index is 405. The summed E-state index contributed by atoms with van der Waals surface area (Å²) in [6.45, 7) is 9.44. The van der Waals surface area contributed by atoms with Gasteiger partial charge in [0.15, 0.2) is 0 Å². The first-order valence-corrected chi connectivity index (χ1v) is 6.85. The van der Waals surface area contributed by atoms with Crippen LogP contribution in [0.15, 0.2) is 18.2 Å². The lowest BCUT2D eigenvalue weighted by Crippen LogP contribution is -2.26. The summed E-state index contributed by atoms with van der Waals surface area (Å²) in [4.78, 5) is 2.52. The van der Waals surface area contributed by atoms with Crippen LogP contribution in [0.5, 0.6) is 5.75 Å². The molecule has 2 rings (SSSR count). The van der Waals surface area contributed by atoms with Crippen molar-refractivity contribution >= 4 is 5.69 Å². The molecule has 3 heteroatoms. The third-order valence-electron chi connectivity index (χ3n) is 3.67. The number of benzene rings is 1. The van der Waals surface area contributed by atoms with E-state index in [0.29, 0.717) is 12.6 Å². The van der Waals surface area contributed by atoms with E-state index in [9.17, 15) is 0 Å². The molecule has 1 aromatic carbocycles. The minimum Gasteiger partial charge on any atom is -0.494 e. The molecule has 100 valence electrons. The summed E-state index contributed by atoms with van der Waals surface area (Å²) >= 11 is 0. The SMILES string of the molecule is CCOc1ccc(N)cc1CN1CC(C)CC1C. The van der Waals surface area contributed by atoms with Crippen LogP contribution in [0.1, 0.15) is 32.8 Å². The molecule has 18 heavy (non-hydrogen) atoms. The summed E-state index contributed by atoms with van der Waals surface area (Å²) in [7, 11) is 0. The number of hydrogen-bond donors (Lipinski definition) is 1. The zero-order valence-corrected chi connectivity index (χ0v) is 11.6. The van der Waals surface area contributed by atoms with Crippen LogP contribution < -0.4 is 10.5 Å². The van der Waals surface area contributed by atoms with Crippen molar-refractivity contribution in [2.24, 2.45) is 5.92 Å². The number of ether oxygens (including phenoxy) is 1. The number of nitrogen functional groups attached to an aromatic ring is 1. The van der Waals surface area contributed by atoms with Gasteiger partial charge in [-0.25, -0.2) is 0 Å². The maximum absolute atomic E-state index is 5.89. The van der Waals surface area contributed by atoms with Gasteiger partial charge in [-0.15, -0.1) is 0 Å². The van der Waals surface area contributed by atoms with Gasteiger partial charge in [-0.05, 0) is 44.4 Å². The van der Waals surface area contributed by atoms with Crippen LogP contribution in [0.3, 0.4) is 0 Å². The van der Waals surface area contributed by atoms with E-state index in [2.05, 4.69) is 18.7 Å². The molecule has 1 fully saturated rings. The number of likely N-dealkylation sites (tertiary alicyclic amines) is 1. The van der Waals surface area contributed by atoms with Crippen LogP contribution in [0.25, 0.3) is 0 Å². The molecular formula is C15H24N2O. The second kappa shape index (κ2) is 5.61. The molecule has 1 aliphatic rings. The molecule has 1 saturated heterocycles. The minimum atomic E-state index is 0.649. The predicted octanol–water partition coefficient (Wildman–Crippen LogP) is 2.90. The first kappa shape index (κ1) is 13.2. The lowest BCUT2D eigenvalue weighted by molar-refractivity contribution is 0.249. The highest BCUT2D eigenvalue weighted by atomic mass is 16.5. The number of anilines is 1. The molecule has 0 spiro atoms. The second-order valence-electron chi connectivity index (χ2n) is 5.42. The van der Waals surface area contributed by atoms with Crippen LogP contribution in [-0.4, -0.2) is 24.1 Å². The Morgan fingerprint density at radius 3 is 2.78 bits per heavy atom. The maximum Gasteiger partial charge on any atom is 0.123 e. The van der Waals surface area contributed by atoms with Gasteiger partial charge in [-0.2, -0.15) is 0 Å². The smallest absolute Gasteiger partial charge is 0.123 e. The first-order valence-electron chi connectivity index (χ1n) is 6.85. The summed E-state index contributed by atoms with van der Waals surface area (Å²) < 4.78 is 5.68. The third kappa shape index (κ3) is 2.96. The highest BCUT2D eigenvalue weighted by molar-refractivity contribution is 5.47. The molecule has 2 atom stereocenters. The zero-order chi connectivity index (χ0) is 13.1. The van der Waals surface area contributed by atoms with E-state index in [0.717, 1.165) is 23.9 Å². The molecule has 0 radical (unpaired) electrons. The van der Waals surface area contributed by atoms with Gasteiger partial charge in [0.1, 0.15) is 5.75 Å². The Morgan fingerprint density at radius 1 is 1.39 bits per heavy atom. The lowest BCUT2D eigenvalue weighted by atomic mass is 10.1. The Kier molecular flexibility index (Phi) is 4.12. The summed E-state index contributed by atoms with van der Waals surface area (Å²) in [6.07, 6.45) is 1.28. The molecule has 0 aromatic heterocycles. The molecule has 1 heterocycles. The van der Waals surface area contributed by atoms with E-state index in [1.807, 2.05) is 25.1 Å². The van der Waals surface area contributed by atoms with Gasteiger partial charge in [-0.1, -0.05) is 6.92 Å². The zero-order valence-electron chi connectivity index (χ0n) is 11.6. The van der Waals surface area contributed by atoms with Crippen molar-refractivity contribution in [2.45, 2.75) is 39.8 Å². The van der Waals surface area contributed by atoms with Gasteiger partial charge >= 0.3 is 0 Å². The van der Waals surface area contributed by atoms with E-state index in [1.165, 1.54) is 18.5 Å². The van der Waals surface area contributed by atoms with Gasteiger partial charge in [0.05, 0.1) is 6.61 Å². The number of hydrogen-bond acceptors (Lipinski definition) is 3. The van der Waals surface area contributed by atoms with Crippen LogP contribution in [0, 0.1) is 5.92 Å². The van der Waals surface area contributed by atoms with E-state index in [4.69, 9.17) is 10.5 Å². The van der Waals surface area contributed by atoms with Crippen LogP contribution >= 0.6 is 0 Å². The fourth-order valence-corrected chi connectivity index (χ4v) is 2.84. The summed E-state index contributed by atoms with van der Waals surface area (Å²) in [5.41, 5.74) is 7.91. The number of nitrogens with two attached hydrogens (primary N) is 1. The molecule has 3 nitrogen and oxygen atoms in total. The van der Waals surface area contributed by atoms with E-state index in [1.54, 1.807) is 0 Å². The Morgan fingerprint density at radius 2 is 2.17 bits per heavy atom. The van der Waals surface area contributed by atoms with Crippen molar-refractivity contribution in [3.05, 3.63) is 23.8 Å². The van der Waals surface area contributed by atoms with Crippen molar-refractivity contribution in [1.29, 1.82) is 0 Å². The van der Waals surface area contributed by atoms with Crippen LogP contribution in [0.2, 0.25) is 0 Å². The van der Waals surface area contributed by atoms with Crippen molar-refractivity contribution in [2.75, 3.05) is 18.9 Å². The minimum absolute atomic E-state index is 0.649. The molecular weight excluding hydrogens is 224 g/mol. The summed E-state index contributed by atoms with van der Waals surface area (Å²) in [5, 5.41) is 0. The van der Waals surface area contributed by atoms with E-state index < -0.39 is 0 Å². The largest absolute Gasteiger partial charge is 0.494 e. The average Bonchev–Trinajstić information content (AvgIpc) is 2.61. The van der Waals surface area contributed by atoms with Gasteiger partial charge in [-0.3, -0.25) is 4.90 Å². The summed E-state index contributed by atoms with van der Waals surface area (Å²) in [5.74, 6) is 1.76. The van der Waals surface area contributed by atoms with Crippen LogP contribution in [-0.2, 0) is 6.54 Å². The lowest BCUT2D eigenvalue weighted by Gasteiger charge is -2.22. The molecule has 2 unspecified atom stereocenters. The highest BCUT2D eigenvalue weighted by Crippen LogP contribution is 2.28. The van der Waals surface area contributed by atoms with Crippen LogP contribution in [0.4, 0.5) is 5.69 Å². The highest BCUT2D eigenvalue weighted by Gasteiger charge is 2.26. The van der Waals surface area contributed by atoms with Crippen molar-refractivity contribution < 1.29 is 4.74 Å². The Balaban J connectivity index is 2.14. The Labute approximate surface area is 110 Å². The average molecular weight is 248 g/mol. The quantitative estimate of drug-likeness (QED) is 0.833. The third-order valence-corrected chi connectivity index (χ3v) is 3.67. The molecule has 1 aromatic rings. The molecule has 0 amide bonds. The fraction of sp³-hybridized carbons (Fsp3) is 0.600. The molecule has 0 saturated carbocycles. The van der Waals surface area contributed by atoms with E-state index >= 15 is 0 Å². The monoisotopic (exact) mass is 248 g/mol. The van der Waals surface area contributed by atoms with Crippen molar-refractivity contribution in [1.82, 2.24) is 4.90 Å². The maximum atomic E-state index is 5.89. The normalized spacial score (nSPS) is 24.4. The van der Waals surface area contributed by atoms with Gasteiger partial charge in [0.2, 0.25) is 0 Å². The van der Waals surface area contributed by atoms with Crippen molar-refractivity contribution in [3.8, 4) is 5.75 Å². The number of rotatable bonds is 4. The standard InChI is InChI=1S/C15H24N2O/c1-4-18-15-6-5-14(16)8-13(15)10-17-9-11(2)7-12(17)3/h5-6,8,11-12H,4,7,9-10,16H2,1-3H3. The molecule has 0 bridgehead atoms. The molecule has 1 aliphatic heterocycles. The van der Waals surface area contributed by atoms with Gasteiger partial charge in [0.25, 0.3) is 0 Å². The van der Waals surface area contributed by atoms with Gasteiger partial charge < -0.3 is 10.5 Å². The van der Waals surface area contributed by atoms with Gasteiger partial charge in [0, 0.05) is 30.4 Å². The topological polar surface area (TPSA) is 38.5 Å². The summed E-state index contributed by atoms with van der Waals surface area (Å²) in [6, 6.07) is 6.58. The predicted molar refractivity (Wildman–Crippen MR) is 75.7 cm³/mol. The second-order valence-corrected chi connectivity index (χ2v) is 5.42. The Hall–Kier alpha value is -1.22. The molecule has 0 aliphatic carbocycles.